The topological polar surface area (TPSA) is 51.2 Å². The van der Waals surface area contributed by atoms with Gasteiger partial charge < -0.3 is 4.79 Å². The minimum absolute atomic E-state index is 0.750. The van der Waals surface area contributed by atoms with Crippen LogP contribution in [0.25, 0.3) is 0 Å². The summed E-state index contributed by atoms with van der Waals surface area (Å²) in [4.78, 5) is 8.81. The van der Waals surface area contributed by atoms with Crippen molar-refractivity contribution >= 4 is 6.29 Å². The number of carbonyl (C=O) groups is 1. The van der Waals surface area contributed by atoms with Gasteiger partial charge in [0.15, 0.2) is 0 Å². The van der Waals surface area contributed by atoms with Gasteiger partial charge in [-0.1, -0.05) is 0 Å². The van der Waals surface area contributed by atoms with Gasteiger partial charge in [-0.3, -0.25) is 0 Å². The van der Waals surface area contributed by atoms with E-state index < -0.39 is 19.1 Å². The van der Waals surface area contributed by atoms with E-state index >= 15 is 0 Å². The normalized spacial score (nSPS) is 3.50. The Hall–Kier alpha value is -0.0157. The van der Waals surface area contributed by atoms with Gasteiger partial charge in [-0.25, -0.2) is 0 Å². The first kappa shape index (κ1) is 9.37. The van der Waals surface area contributed by atoms with E-state index in [-0.39, 0.29) is 0 Å². The summed E-state index contributed by atoms with van der Waals surface area (Å²) >= 11 is -2.00. The first-order valence-corrected chi connectivity index (χ1v) is 2.50. The summed E-state index contributed by atoms with van der Waals surface area (Å²) < 4.78 is 17.0. The molecular weight excluding hydrogens is 120 g/mol. The fourth-order valence-corrected chi connectivity index (χ4v) is 0. The Morgan fingerprint density at radius 1 is 1.50 bits per heavy atom. The number of carbonyl (C=O) groups excluding carboxylic acids is 1. The molecule has 3 nitrogen and oxygen atoms in total. The molecule has 0 rings (SSSR count). The van der Waals surface area contributed by atoms with E-state index in [1.54, 1.807) is 0 Å². The molecular formula is C2H4O3Ti. The van der Waals surface area contributed by atoms with Crippen LogP contribution in [0.4, 0.5) is 0 Å². The molecule has 0 spiro atoms. The first-order valence-electron chi connectivity index (χ1n) is 1.22. The zero-order chi connectivity index (χ0) is 5.41. The second-order valence-corrected chi connectivity index (χ2v) is 0.579. The van der Waals surface area contributed by atoms with Crippen molar-refractivity contribution in [1.82, 2.24) is 0 Å². The van der Waals surface area contributed by atoms with Gasteiger partial charge in [0.2, 0.25) is 0 Å². The maximum atomic E-state index is 8.81. The van der Waals surface area contributed by atoms with E-state index in [2.05, 4.69) is 0 Å². The van der Waals surface area contributed by atoms with Crippen molar-refractivity contribution in [2.45, 2.75) is 6.92 Å². The van der Waals surface area contributed by atoms with Gasteiger partial charge in [0.05, 0.1) is 0 Å². The molecule has 0 bridgehead atoms. The molecule has 0 heterocycles. The van der Waals surface area contributed by atoms with Crippen molar-refractivity contribution < 1.29 is 30.5 Å². The Kier molecular flexibility index (Phi) is 31.4. The summed E-state index contributed by atoms with van der Waals surface area (Å²) in [6.45, 7) is 1.44. The van der Waals surface area contributed by atoms with Crippen LogP contribution in [0.1, 0.15) is 6.92 Å². The molecule has 0 saturated carbocycles. The van der Waals surface area contributed by atoms with E-state index in [0.29, 0.717) is 0 Å². The Morgan fingerprint density at radius 2 is 1.50 bits per heavy atom. The van der Waals surface area contributed by atoms with E-state index in [4.69, 9.17) is 11.4 Å². The standard InChI is InChI=1S/C2H4O.2O.Ti/c1-2-3;;;/h2H,1H3;;;. The molecule has 0 aliphatic heterocycles. The van der Waals surface area contributed by atoms with Crippen LogP contribution >= 0.6 is 0 Å². The molecule has 0 aromatic carbocycles. The van der Waals surface area contributed by atoms with Crippen LogP contribution in [-0.2, 0) is 30.5 Å². The summed E-state index contributed by atoms with van der Waals surface area (Å²) in [5.74, 6) is 0. The molecule has 0 fully saturated rings. The van der Waals surface area contributed by atoms with Crippen LogP contribution in [0.5, 0.6) is 0 Å². The molecule has 0 aliphatic rings. The van der Waals surface area contributed by atoms with Gasteiger partial charge >= 0.3 is 25.7 Å². The molecule has 0 aromatic rings. The van der Waals surface area contributed by atoms with Gasteiger partial charge in [0.25, 0.3) is 0 Å². The summed E-state index contributed by atoms with van der Waals surface area (Å²) in [5, 5.41) is 0. The van der Waals surface area contributed by atoms with E-state index in [1.807, 2.05) is 0 Å². The van der Waals surface area contributed by atoms with Crippen LogP contribution < -0.4 is 0 Å². The molecule has 0 unspecified atom stereocenters. The molecule has 0 aliphatic carbocycles. The van der Waals surface area contributed by atoms with Gasteiger partial charge in [-0.2, -0.15) is 0 Å². The summed E-state index contributed by atoms with van der Waals surface area (Å²) in [5.41, 5.74) is 0. The minimum atomic E-state index is -2.00. The van der Waals surface area contributed by atoms with Gasteiger partial charge in [-0.15, -0.1) is 0 Å². The summed E-state index contributed by atoms with van der Waals surface area (Å²) in [6.07, 6.45) is 0.750. The summed E-state index contributed by atoms with van der Waals surface area (Å²) in [7, 11) is 0. The average molecular weight is 124 g/mol. The van der Waals surface area contributed by atoms with Crippen LogP contribution in [0.15, 0.2) is 0 Å². The van der Waals surface area contributed by atoms with E-state index in [0.717, 1.165) is 6.29 Å². The van der Waals surface area contributed by atoms with E-state index in [1.165, 1.54) is 6.92 Å². The third-order valence-electron chi connectivity index (χ3n) is 0. The van der Waals surface area contributed by atoms with Crippen LogP contribution in [0.2, 0.25) is 0 Å². The molecule has 34 valence electrons. The van der Waals surface area contributed by atoms with Gasteiger partial charge in [0, 0.05) is 0 Å². The predicted octanol–water partition coefficient (Wildman–Crippen LogP) is -0.0349. The number of hydrogen-bond acceptors (Lipinski definition) is 3. The van der Waals surface area contributed by atoms with Crippen LogP contribution in [0.3, 0.4) is 0 Å². The Bertz CT molecular complexity index is 53.8. The quantitative estimate of drug-likeness (QED) is 0.336. The molecule has 4 heteroatoms. The van der Waals surface area contributed by atoms with Crippen molar-refractivity contribution in [3.8, 4) is 0 Å². The maximum absolute atomic E-state index is 8.81. The van der Waals surface area contributed by atoms with Crippen LogP contribution in [0, 0.1) is 0 Å². The SMILES string of the molecule is CC=O.[O]=[Ti]=[O]. The van der Waals surface area contributed by atoms with Crippen molar-refractivity contribution in [3.05, 3.63) is 0 Å². The third kappa shape index (κ3) is 144000. The Balaban J connectivity index is 0. The van der Waals surface area contributed by atoms with E-state index in [9.17, 15) is 0 Å². The third-order valence-corrected chi connectivity index (χ3v) is 0. The monoisotopic (exact) mass is 124 g/mol. The van der Waals surface area contributed by atoms with Crippen molar-refractivity contribution in [2.75, 3.05) is 0 Å². The molecule has 0 amide bonds. The number of hydrogen-bond donors (Lipinski definition) is 0. The fourth-order valence-electron chi connectivity index (χ4n) is 0. The Morgan fingerprint density at radius 3 is 1.50 bits per heavy atom. The molecule has 0 saturated heterocycles. The second kappa shape index (κ2) is 20.1. The molecule has 0 aromatic heterocycles. The molecule has 0 atom stereocenters. The molecule has 0 N–H and O–H groups in total. The zero-order valence-electron chi connectivity index (χ0n) is 3.30. The fraction of sp³-hybridized carbons (Fsp3) is 0.500. The van der Waals surface area contributed by atoms with Crippen LogP contribution in [-0.4, -0.2) is 6.29 Å². The Labute approximate surface area is 44.3 Å². The van der Waals surface area contributed by atoms with Crippen molar-refractivity contribution in [2.24, 2.45) is 0 Å². The van der Waals surface area contributed by atoms with Crippen molar-refractivity contribution in [1.29, 1.82) is 0 Å². The molecule has 6 heavy (non-hydrogen) atoms. The number of aldehydes is 1. The van der Waals surface area contributed by atoms with Crippen molar-refractivity contribution in [3.63, 3.8) is 0 Å². The molecule has 0 radical (unpaired) electrons. The van der Waals surface area contributed by atoms with Gasteiger partial charge in [0.1, 0.15) is 6.29 Å². The zero-order valence-corrected chi connectivity index (χ0v) is 4.86. The predicted molar refractivity (Wildman–Crippen MR) is 13.1 cm³/mol. The first-order chi connectivity index (χ1) is 2.83. The second-order valence-electron chi connectivity index (χ2n) is 0.319. The summed E-state index contributed by atoms with van der Waals surface area (Å²) in [6, 6.07) is 0. The number of rotatable bonds is 0. The van der Waals surface area contributed by atoms with Gasteiger partial charge in [-0.05, 0) is 6.92 Å². The average Bonchev–Trinajstić information content (AvgIpc) is 1.39.